The number of benzene rings is 1. The number of nitrogens with one attached hydrogen (secondary N) is 2. The maximum Gasteiger partial charge on any atom is 0.255 e. The van der Waals surface area contributed by atoms with E-state index in [2.05, 4.69) is 15.7 Å². The molecule has 4 rings (SSSR count). The normalized spacial score (nSPS) is 16.8. The van der Waals surface area contributed by atoms with Crippen LogP contribution in [-0.2, 0) is 6.61 Å². The molecular formula is C23H26F2N4O2. The summed E-state index contributed by atoms with van der Waals surface area (Å²) < 4.78 is 35.2. The Bertz CT molecular complexity index is 1080. The monoisotopic (exact) mass is 428 g/mol. The van der Waals surface area contributed by atoms with Crippen molar-refractivity contribution in [3.63, 3.8) is 0 Å². The zero-order valence-corrected chi connectivity index (χ0v) is 17.7. The van der Waals surface area contributed by atoms with Gasteiger partial charge in [-0.3, -0.25) is 4.79 Å². The van der Waals surface area contributed by atoms with Gasteiger partial charge in [0.05, 0.1) is 22.3 Å². The van der Waals surface area contributed by atoms with Crippen molar-refractivity contribution in [2.75, 3.05) is 13.1 Å². The number of fused-ring (bicyclic) bond motifs is 1. The Morgan fingerprint density at radius 2 is 2.03 bits per heavy atom. The van der Waals surface area contributed by atoms with Crippen molar-refractivity contribution in [1.82, 2.24) is 20.2 Å². The summed E-state index contributed by atoms with van der Waals surface area (Å²) >= 11 is 0. The van der Waals surface area contributed by atoms with Gasteiger partial charge < -0.3 is 15.4 Å². The first kappa shape index (κ1) is 21.2. The van der Waals surface area contributed by atoms with E-state index in [0.29, 0.717) is 22.7 Å². The molecule has 6 nitrogen and oxygen atoms in total. The van der Waals surface area contributed by atoms with E-state index in [0.717, 1.165) is 37.9 Å². The van der Waals surface area contributed by atoms with Crippen LogP contribution in [0.2, 0.25) is 0 Å². The van der Waals surface area contributed by atoms with E-state index in [-0.39, 0.29) is 24.1 Å². The zero-order chi connectivity index (χ0) is 22.0. The van der Waals surface area contributed by atoms with Crippen LogP contribution in [0.5, 0.6) is 5.88 Å². The highest BCUT2D eigenvalue weighted by Crippen LogP contribution is 2.25. The molecule has 0 bridgehead atoms. The van der Waals surface area contributed by atoms with Gasteiger partial charge in [0.1, 0.15) is 18.2 Å². The summed E-state index contributed by atoms with van der Waals surface area (Å²) in [5.41, 5.74) is 2.34. The fraction of sp³-hybridized carbons (Fsp3) is 0.391. The lowest BCUT2D eigenvalue weighted by atomic mass is 10.1. The number of ether oxygens (including phenoxy) is 1. The number of aromatic nitrogens is 2. The third kappa shape index (κ3) is 4.54. The summed E-state index contributed by atoms with van der Waals surface area (Å²) in [5, 5.41) is 10.9. The van der Waals surface area contributed by atoms with Crippen LogP contribution in [0.25, 0.3) is 5.52 Å². The van der Waals surface area contributed by atoms with Crippen LogP contribution in [0.15, 0.2) is 30.3 Å². The van der Waals surface area contributed by atoms with E-state index in [1.807, 2.05) is 13.0 Å². The number of hydrogen-bond acceptors (Lipinski definition) is 4. The molecule has 0 radical (unpaired) electrons. The summed E-state index contributed by atoms with van der Waals surface area (Å²) in [4.78, 5) is 13.1. The first-order chi connectivity index (χ1) is 14.9. The Labute approximate surface area is 179 Å². The largest absolute Gasteiger partial charge is 0.473 e. The predicted octanol–water partition coefficient (Wildman–Crippen LogP) is 3.68. The van der Waals surface area contributed by atoms with Crippen molar-refractivity contribution in [1.29, 1.82) is 0 Å². The quantitative estimate of drug-likeness (QED) is 0.651. The van der Waals surface area contributed by atoms with E-state index < -0.39 is 11.6 Å². The molecule has 1 unspecified atom stereocenters. The Morgan fingerprint density at radius 1 is 1.26 bits per heavy atom. The Balaban J connectivity index is 1.62. The molecule has 0 aliphatic carbocycles. The van der Waals surface area contributed by atoms with Crippen LogP contribution in [-0.4, -0.2) is 34.7 Å². The Kier molecular flexibility index (Phi) is 6.18. The number of amides is 1. The standard InChI is InChI=1S/C23H26F2N4O2/c1-14-10-20-22(23(30)27-16-6-3-4-9-26-12-16)15(2)28-29(20)21(11-14)31-13-17-18(24)7-5-8-19(17)25/h5,7-8,10-11,16,26H,3-4,6,9,12-13H2,1-2H3,(H,27,30). The average Bonchev–Trinajstić information content (AvgIpc) is 2.87. The number of aryl methyl sites for hydroxylation is 2. The maximum absolute atomic E-state index is 14.0. The lowest BCUT2D eigenvalue weighted by molar-refractivity contribution is 0.0936. The van der Waals surface area contributed by atoms with Gasteiger partial charge in [-0.1, -0.05) is 12.5 Å². The minimum absolute atomic E-state index is 0.0638. The summed E-state index contributed by atoms with van der Waals surface area (Å²) in [6.45, 7) is 5.06. The van der Waals surface area contributed by atoms with Crippen molar-refractivity contribution in [2.45, 2.75) is 45.8 Å². The molecule has 1 aromatic carbocycles. The fourth-order valence-electron chi connectivity index (χ4n) is 3.96. The molecule has 1 aliphatic rings. The highest BCUT2D eigenvalue weighted by molar-refractivity contribution is 6.02. The van der Waals surface area contributed by atoms with Gasteiger partial charge in [-0.25, -0.2) is 8.78 Å². The lowest BCUT2D eigenvalue weighted by Gasteiger charge is -2.16. The summed E-state index contributed by atoms with van der Waals surface area (Å²) in [7, 11) is 0. The summed E-state index contributed by atoms with van der Waals surface area (Å²) in [5.74, 6) is -1.20. The third-order valence-corrected chi connectivity index (χ3v) is 5.56. The molecule has 1 fully saturated rings. The van der Waals surface area contributed by atoms with E-state index in [1.54, 1.807) is 13.0 Å². The molecule has 164 valence electrons. The number of nitrogens with zero attached hydrogens (tertiary/aromatic N) is 2. The average molecular weight is 428 g/mol. The highest BCUT2D eigenvalue weighted by Gasteiger charge is 2.23. The van der Waals surface area contributed by atoms with Crippen molar-refractivity contribution < 1.29 is 18.3 Å². The Hall–Kier alpha value is -3.00. The molecule has 3 aromatic rings. The van der Waals surface area contributed by atoms with E-state index in [9.17, 15) is 13.6 Å². The van der Waals surface area contributed by atoms with Crippen molar-refractivity contribution in [2.24, 2.45) is 0 Å². The SMILES string of the molecule is Cc1cc(OCc2c(F)cccc2F)n2nc(C)c(C(=O)NC3CCCCNC3)c2c1. The molecule has 31 heavy (non-hydrogen) atoms. The fourth-order valence-corrected chi connectivity index (χ4v) is 3.96. The van der Waals surface area contributed by atoms with Crippen LogP contribution in [0.3, 0.4) is 0 Å². The van der Waals surface area contributed by atoms with E-state index in [1.165, 1.54) is 22.7 Å². The van der Waals surface area contributed by atoms with Gasteiger partial charge in [0.15, 0.2) is 0 Å². The third-order valence-electron chi connectivity index (χ3n) is 5.56. The number of carbonyl (C=O) groups is 1. The second-order valence-corrected chi connectivity index (χ2v) is 7.99. The van der Waals surface area contributed by atoms with E-state index >= 15 is 0 Å². The molecule has 3 heterocycles. The van der Waals surface area contributed by atoms with Gasteiger partial charge in [0.2, 0.25) is 5.88 Å². The molecule has 1 amide bonds. The van der Waals surface area contributed by atoms with Gasteiger partial charge >= 0.3 is 0 Å². The first-order valence-corrected chi connectivity index (χ1v) is 10.5. The predicted molar refractivity (Wildman–Crippen MR) is 113 cm³/mol. The van der Waals surface area contributed by atoms with Gasteiger partial charge in [-0.05, 0) is 57.0 Å². The highest BCUT2D eigenvalue weighted by atomic mass is 19.1. The molecule has 0 spiro atoms. The van der Waals surface area contributed by atoms with Crippen LogP contribution in [0.1, 0.15) is 46.4 Å². The van der Waals surface area contributed by atoms with Gasteiger partial charge in [0.25, 0.3) is 5.91 Å². The second-order valence-electron chi connectivity index (χ2n) is 7.99. The zero-order valence-electron chi connectivity index (χ0n) is 17.7. The minimum Gasteiger partial charge on any atom is -0.473 e. The number of halogens is 2. The van der Waals surface area contributed by atoms with Crippen molar-refractivity contribution >= 4 is 11.4 Å². The van der Waals surface area contributed by atoms with Gasteiger partial charge in [-0.15, -0.1) is 0 Å². The molecular weight excluding hydrogens is 402 g/mol. The molecule has 1 aliphatic heterocycles. The topological polar surface area (TPSA) is 67.7 Å². The lowest BCUT2D eigenvalue weighted by Crippen LogP contribution is -2.41. The molecule has 0 saturated carbocycles. The smallest absolute Gasteiger partial charge is 0.255 e. The maximum atomic E-state index is 14.0. The van der Waals surface area contributed by atoms with Gasteiger partial charge in [0, 0.05) is 18.7 Å². The van der Waals surface area contributed by atoms with Crippen LogP contribution < -0.4 is 15.4 Å². The van der Waals surface area contributed by atoms with Crippen LogP contribution in [0.4, 0.5) is 8.78 Å². The summed E-state index contributed by atoms with van der Waals surface area (Å²) in [6.07, 6.45) is 3.10. The molecule has 1 saturated heterocycles. The van der Waals surface area contributed by atoms with Crippen molar-refractivity contribution in [3.8, 4) is 5.88 Å². The molecule has 8 heteroatoms. The second kappa shape index (κ2) is 9.01. The minimum atomic E-state index is -0.669. The number of rotatable bonds is 5. The molecule has 1 atom stereocenters. The molecule has 2 aromatic heterocycles. The van der Waals surface area contributed by atoms with E-state index in [4.69, 9.17) is 4.74 Å². The van der Waals surface area contributed by atoms with Crippen LogP contribution >= 0.6 is 0 Å². The number of hydrogen-bond donors (Lipinski definition) is 2. The van der Waals surface area contributed by atoms with Crippen LogP contribution in [0, 0.1) is 25.5 Å². The molecule has 2 N–H and O–H groups in total. The Morgan fingerprint density at radius 3 is 2.81 bits per heavy atom. The number of carbonyl (C=O) groups excluding carboxylic acids is 1. The number of pyridine rings is 1. The first-order valence-electron chi connectivity index (χ1n) is 10.5. The summed E-state index contributed by atoms with van der Waals surface area (Å²) in [6, 6.07) is 7.34. The van der Waals surface area contributed by atoms with Gasteiger partial charge in [-0.2, -0.15) is 9.61 Å². The van der Waals surface area contributed by atoms with Crippen molar-refractivity contribution in [3.05, 3.63) is 64.4 Å².